The number of carbonyl (C=O) groups is 7. The van der Waals surface area contributed by atoms with Gasteiger partial charge in [0.2, 0.25) is 12.7 Å². The van der Waals surface area contributed by atoms with Gasteiger partial charge in [0.1, 0.15) is 12.4 Å². The molecule has 3 aliphatic carbocycles. The molecule has 16 nitrogen and oxygen atoms in total. The number of likely N-dealkylation sites (N-methyl/N-ethyl adjacent to an activating group) is 1. The number of hydrogen-bond acceptors (Lipinski definition) is 14. The number of benzene rings is 1. The zero-order chi connectivity index (χ0) is 37.6. The molecule has 16 heteroatoms. The predicted octanol–water partition coefficient (Wildman–Crippen LogP) is 0.0648. The molecule has 2 unspecified atom stereocenters. The number of methoxy groups -OCH3 is 1. The molecule has 4 N–H and O–H groups in total. The number of hydrogen-bond donors (Lipinski definition) is 3. The molecule has 4 rings (SSSR count). The van der Waals surface area contributed by atoms with Crippen LogP contribution in [-0.4, -0.2) is 128 Å². The van der Waals surface area contributed by atoms with Crippen molar-refractivity contribution in [3.05, 3.63) is 22.8 Å². The average Bonchev–Trinajstić information content (AvgIpc) is 2.98. The minimum Gasteiger partial charge on any atom is -0.507 e. The number of fused-ring (bicyclic) bond motifs is 3. The highest BCUT2D eigenvalue weighted by molar-refractivity contribution is 6.32. The van der Waals surface area contributed by atoms with Crippen molar-refractivity contribution in [2.75, 3.05) is 60.1 Å². The molecule has 274 valence electrons. The summed E-state index contributed by atoms with van der Waals surface area (Å²) in [5, 5.41) is 23.6. The molecule has 2 fully saturated rings. The molecule has 2 saturated carbocycles. The van der Waals surface area contributed by atoms with Crippen LogP contribution >= 0.6 is 0 Å². The Kier molecular flexibility index (Phi) is 10.8. The van der Waals surface area contributed by atoms with Crippen LogP contribution in [0, 0.1) is 29.1 Å². The Bertz CT molecular complexity index is 1620. The molecule has 3 aliphatic rings. The summed E-state index contributed by atoms with van der Waals surface area (Å²) >= 11 is 0. The number of aromatic hydroxyl groups is 1. The zero-order valence-electron chi connectivity index (χ0n) is 29.6. The van der Waals surface area contributed by atoms with Crippen molar-refractivity contribution < 1.29 is 58.0 Å². The third-order valence-corrected chi connectivity index (χ3v) is 9.55. The van der Waals surface area contributed by atoms with Crippen molar-refractivity contribution in [1.82, 2.24) is 9.80 Å². The van der Waals surface area contributed by atoms with Gasteiger partial charge in [-0.3, -0.25) is 28.9 Å². The van der Waals surface area contributed by atoms with Gasteiger partial charge < -0.3 is 40.0 Å². The fourth-order valence-electron chi connectivity index (χ4n) is 7.59. The summed E-state index contributed by atoms with van der Waals surface area (Å²) in [6, 6.07) is 0.413. The van der Waals surface area contributed by atoms with E-state index in [1.807, 2.05) is 20.8 Å². The minimum atomic E-state index is -2.85. The molecule has 0 heterocycles. The van der Waals surface area contributed by atoms with Crippen molar-refractivity contribution in [2.45, 2.75) is 51.8 Å². The topological polar surface area (TPSA) is 223 Å². The van der Waals surface area contributed by atoms with Gasteiger partial charge in [0.25, 0.3) is 0 Å². The number of ether oxygens (including phenoxy) is 3. The number of phenolic OH excluding ortho intramolecular Hbond substituents is 1. The summed E-state index contributed by atoms with van der Waals surface area (Å²) in [5.74, 6) is -12.4. The monoisotopic (exact) mass is 702 g/mol. The number of rotatable bonds is 10. The number of anilines is 1. The highest BCUT2D eigenvalue weighted by Gasteiger charge is 2.69. The van der Waals surface area contributed by atoms with Crippen molar-refractivity contribution in [2.24, 2.45) is 34.8 Å². The van der Waals surface area contributed by atoms with Crippen LogP contribution in [0.25, 0.3) is 0 Å². The van der Waals surface area contributed by atoms with E-state index in [0.717, 1.165) is 0 Å². The first-order chi connectivity index (χ1) is 23.2. The van der Waals surface area contributed by atoms with E-state index in [9.17, 15) is 43.8 Å². The number of ketones is 4. The number of carbonyl (C=O) groups excluding carboxylic acids is 7. The Morgan fingerprint density at radius 3 is 2.22 bits per heavy atom. The summed E-state index contributed by atoms with van der Waals surface area (Å²) in [6.45, 7) is 4.42. The summed E-state index contributed by atoms with van der Waals surface area (Å²) in [7, 11) is 7.78. The number of phenols is 1. The van der Waals surface area contributed by atoms with Gasteiger partial charge in [-0.05, 0) is 49.9 Å². The average molecular weight is 703 g/mol. The van der Waals surface area contributed by atoms with Gasteiger partial charge in [0, 0.05) is 44.9 Å². The Hall–Kier alpha value is -4.41. The molecule has 2 amide bonds. The van der Waals surface area contributed by atoms with E-state index in [0.29, 0.717) is 11.3 Å². The number of aliphatic hydroxyl groups is 1. The molecule has 0 aliphatic heterocycles. The number of nitrogens with zero attached hydrogens (tertiary/aromatic N) is 3. The summed E-state index contributed by atoms with van der Waals surface area (Å²) in [6.07, 6.45) is -0.881. The lowest BCUT2D eigenvalue weighted by molar-refractivity contribution is -0.181. The fraction of sp³-hybridized carbons (Fsp3) is 0.618. The van der Waals surface area contributed by atoms with Gasteiger partial charge in [-0.15, -0.1) is 0 Å². The highest BCUT2D eigenvalue weighted by atomic mass is 16.7. The van der Waals surface area contributed by atoms with Crippen LogP contribution in [0.4, 0.5) is 10.5 Å². The van der Waals surface area contributed by atoms with Crippen molar-refractivity contribution >= 4 is 46.8 Å². The number of nitrogens with two attached hydrogens (primary N) is 1. The van der Waals surface area contributed by atoms with Crippen LogP contribution < -0.4 is 10.6 Å². The molecule has 50 heavy (non-hydrogen) atoms. The number of primary amides is 1. The van der Waals surface area contributed by atoms with Crippen LogP contribution in [0.3, 0.4) is 0 Å². The molecule has 1 aromatic carbocycles. The first kappa shape index (κ1) is 38.4. The van der Waals surface area contributed by atoms with Gasteiger partial charge in [-0.2, -0.15) is 0 Å². The van der Waals surface area contributed by atoms with Crippen molar-refractivity contribution in [3.63, 3.8) is 0 Å². The minimum absolute atomic E-state index is 0.0772. The Morgan fingerprint density at radius 2 is 1.68 bits per heavy atom. The molecule has 0 spiro atoms. The van der Waals surface area contributed by atoms with E-state index in [1.54, 1.807) is 25.1 Å². The third kappa shape index (κ3) is 6.83. The summed E-state index contributed by atoms with van der Waals surface area (Å²) < 4.78 is 14.7. The first-order valence-corrected chi connectivity index (χ1v) is 16.1. The van der Waals surface area contributed by atoms with E-state index < -0.39 is 94.4 Å². The maximum Gasteiger partial charge on any atom is 0.412 e. The fourth-order valence-corrected chi connectivity index (χ4v) is 7.59. The second-order valence-corrected chi connectivity index (χ2v) is 14.8. The zero-order valence-corrected chi connectivity index (χ0v) is 29.6. The van der Waals surface area contributed by atoms with Gasteiger partial charge in [0.15, 0.2) is 34.7 Å². The smallest absolute Gasteiger partial charge is 0.412 e. The quantitative estimate of drug-likeness (QED) is 0.167. The molecular weight excluding hydrogens is 656 g/mol. The lowest BCUT2D eigenvalue weighted by Gasteiger charge is -2.52. The Balaban J connectivity index is 1.77. The highest BCUT2D eigenvalue weighted by Crippen LogP contribution is 2.52. The van der Waals surface area contributed by atoms with Crippen molar-refractivity contribution in [1.29, 1.82) is 0 Å². The van der Waals surface area contributed by atoms with Crippen molar-refractivity contribution in [3.8, 4) is 5.75 Å². The summed E-state index contributed by atoms with van der Waals surface area (Å²) in [4.78, 5) is 97.1. The van der Waals surface area contributed by atoms with Crippen LogP contribution in [-0.2, 0) is 51.1 Å². The molecule has 0 radical (unpaired) electrons. The maximum atomic E-state index is 14.4. The van der Waals surface area contributed by atoms with E-state index in [4.69, 9.17) is 15.2 Å². The lowest BCUT2D eigenvalue weighted by Crippen LogP contribution is -2.74. The summed E-state index contributed by atoms with van der Waals surface area (Å²) in [5.41, 5.74) is 2.95. The van der Waals surface area contributed by atoms with E-state index in [1.165, 1.54) is 31.0 Å². The van der Waals surface area contributed by atoms with E-state index in [-0.39, 0.29) is 43.7 Å². The van der Waals surface area contributed by atoms with Gasteiger partial charge in [-0.25, -0.2) is 9.59 Å². The third-order valence-electron chi connectivity index (χ3n) is 9.55. The van der Waals surface area contributed by atoms with Gasteiger partial charge in [-0.1, -0.05) is 20.8 Å². The molecule has 1 aromatic rings. The van der Waals surface area contributed by atoms with Gasteiger partial charge >= 0.3 is 12.1 Å². The van der Waals surface area contributed by atoms with Crippen LogP contribution in [0.15, 0.2) is 6.07 Å². The van der Waals surface area contributed by atoms with Crippen LogP contribution in [0.1, 0.15) is 48.7 Å². The van der Waals surface area contributed by atoms with Crippen LogP contribution in [0.5, 0.6) is 5.75 Å². The molecule has 0 saturated heterocycles. The normalized spacial score (nSPS) is 26.2. The molecule has 6 atom stereocenters. The number of esters is 1. The SMILES string of the molecule is COCC(=O)OCOC(=O)N(Cc1cc(N(C)C)c2c(c1O)C(=O)C1C(=O)[C@]3(O)C(=O)C(C(N)=O)C(=O)[C@@H](N(C)C)[C@@H]3C[C@@H]1C2)CC(C)(C)C. The Labute approximate surface area is 289 Å². The van der Waals surface area contributed by atoms with E-state index in [2.05, 4.69) is 4.74 Å². The maximum absolute atomic E-state index is 14.4. The predicted molar refractivity (Wildman–Crippen MR) is 175 cm³/mol. The largest absolute Gasteiger partial charge is 0.507 e. The molecule has 0 bridgehead atoms. The van der Waals surface area contributed by atoms with Gasteiger partial charge in [0.05, 0.1) is 24.1 Å². The molecular formula is C34H46N4O12. The van der Waals surface area contributed by atoms with E-state index >= 15 is 0 Å². The molecule has 0 aromatic heterocycles. The number of amides is 2. The lowest BCUT2D eigenvalue weighted by atomic mass is 9.52. The first-order valence-electron chi connectivity index (χ1n) is 16.1. The number of Topliss-reactive ketones (excluding diaryl/α,β-unsaturated/α-hetero) is 4. The van der Waals surface area contributed by atoms with Crippen LogP contribution in [0.2, 0.25) is 0 Å². The second kappa shape index (κ2) is 14.1. The second-order valence-electron chi connectivity index (χ2n) is 14.8. The Morgan fingerprint density at radius 1 is 1.04 bits per heavy atom. The standard InChI is InChI=1S/C34H46N4O12/c1-33(2,3)14-38(32(46)50-15-49-21(39)13-48-8)12-17-11-20(36(4)5)18-9-16-10-19-25(37(6)7)28(42)24(31(35)45)30(44)34(19,47)29(43)22(16)27(41)23(18)26(17)40/h11,16,19,22,24-25,40,47H,9-10,12-15H2,1-8H3,(H2,35,45)/t16-,19-,22?,24?,25-,34-/m0/s1.